The summed E-state index contributed by atoms with van der Waals surface area (Å²) in [5.74, 6) is 0. The second-order valence-corrected chi connectivity index (χ2v) is 26.1. The zero-order valence-electron chi connectivity index (χ0n) is 52.8. The van der Waals surface area contributed by atoms with Crippen LogP contribution in [-0.2, 0) is 0 Å². The Balaban J connectivity index is 0.000000882. The number of hydrogen-bond acceptors (Lipinski definition) is 1. The van der Waals surface area contributed by atoms with Crippen molar-refractivity contribution in [2.24, 2.45) is 0 Å². The summed E-state index contributed by atoms with van der Waals surface area (Å²) in [6, 6.07) is 23.1. The Kier molecular flexibility index (Phi) is 39.8. The first-order chi connectivity index (χ1) is 43.0. The lowest BCUT2D eigenvalue weighted by Crippen LogP contribution is -2.98. The minimum absolute atomic E-state index is 1.06. The zero-order valence-corrected chi connectivity index (χ0v) is 54.4. The molecule has 0 spiro atoms. The summed E-state index contributed by atoms with van der Waals surface area (Å²) < 4.78 is 1.09. The number of pyridine rings is 1. The Hall–Kier alpha value is 2.49. The van der Waals surface area contributed by atoms with Gasteiger partial charge in [0, 0.05) is 537 Å². The largest absolute Gasteiger partial charge is 0.255 e. The highest BCUT2D eigenvalue weighted by Gasteiger charge is 2.65. The van der Waals surface area contributed by atoms with Crippen molar-refractivity contribution >= 4 is 547 Å². The lowest BCUT2D eigenvalue weighted by atomic mass is 8.21. The van der Waals surface area contributed by atoms with E-state index in [-0.39, 0.29) is 0 Å². The minimum Gasteiger partial charge on any atom is -0.255 e. The van der Waals surface area contributed by atoms with Gasteiger partial charge in [-0.1, -0.05) is 70.5 Å². The number of nitrogens with zero attached hydrogens (tertiary/aromatic N) is 1. The van der Waals surface area contributed by atoms with Crippen LogP contribution in [-0.4, -0.2) is 515 Å². The van der Waals surface area contributed by atoms with Gasteiger partial charge < -0.3 is 0 Å². The van der Waals surface area contributed by atoms with Crippen LogP contribution >= 0.6 is 15.9 Å². The molecule has 4 aromatic rings. The van der Waals surface area contributed by atoms with E-state index in [0.717, 1.165) is 15.6 Å². The second-order valence-electron chi connectivity index (χ2n) is 25.3. The quantitative estimate of drug-likeness (QED) is 0.0330. The van der Waals surface area contributed by atoms with Gasteiger partial charge in [0.25, 0.3) is 0 Å². The predicted molar refractivity (Wildman–Crippen MR) is 507 cm³/mol. The van der Waals surface area contributed by atoms with Crippen LogP contribution in [0.15, 0.2) is 77.4 Å². The Bertz CT molecular complexity index is 2580. The predicted octanol–water partition coefficient (Wildman–Crippen LogP) is -21.6. The summed E-state index contributed by atoms with van der Waals surface area (Å²) in [5, 5.41) is 3.60. The molecule has 0 aliphatic heterocycles. The third kappa shape index (κ3) is 23.2. The molecule has 0 unspecified atom stereocenters. The molecule has 4 rings (SSSR count). The summed E-state index contributed by atoms with van der Waals surface area (Å²) in [6.45, 7) is 0. The van der Waals surface area contributed by atoms with Crippen molar-refractivity contribution in [3.63, 3.8) is 0 Å². The normalized spacial score (nSPS) is 10.1. The topological polar surface area (TPSA) is 12.9 Å². The van der Waals surface area contributed by atoms with Crippen molar-refractivity contribution < 1.29 is 0 Å². The van der Waals surface area contributed by atoms with Crippen molar-refractivity contribution in [1.29, 1.82) is 0 Å². The molecule has 0 fully saturated rings. The average molecular weight is 1110 g/mol. The molecular formula is C19H12B72BrN. The highest BCUT2D eigenvalue weighted by Crippen LogP contribution is 2.32. The minimum atomic E-state index is -1.77. The van der Waals surface area contributed by atoms with E-state index in [0.29, 0.717) is 0 Å². The van der Waals surface area contributed by atoms with Crippen LogP contribution in [0.1, 0.15) is 0 Å². The van der Waals surface area contributed by atoms with E-state index in [1.807, 2.05) is 18.3 Å². The maximum atomic E-state index is 7.13. The number of aromatic nitrogens is 1. The van der Waals surface area contributed by atoms with Crippen LogP contribution in [0.4, 0.5) is 0 Å². The van der Waals surface area contributed by atoms with Crippen LogP contribution in [0.2, 0.25) is 0 Å². The lowest BCUT2D eigenvalue weighted by Gasteiger charge is -2.60. The fourth-order valence-corrected chi connectivity index (χ4v) is 15.8. The molecule has 74 radical (unpaired) electrons. The van der Waals surface area contributed by atoms with Crippen molar-refractivity contribution in [3.05, 3.63) is 77.4 Å². The highest BCUT2D eigenvalue weighted by atomic mass is 79.9. The molecule has 0 atom stereocenters. The Morgan fingerprint density at radius 3 is 0.742 bits per heavy atom. The SMILES string of the molecule is Brc1ccccc1-c1cnc2c(ccc3ccccc32)c1.[B]B([B])B([B])B(B([B])[B])B(B(B(B([B])[B])B([B])[B])B(B([B])[B])B([B])[B])B(B(B(B([B])[B])B([B])[B])B(B([B])[B])B([B])[B])B(B(B(B([B])[B])B([B])[B])B(B([B])[B])B([B])[B])B(B(B([B])[B])B([B])[B])B(B([B])[B])B([B])[B]. The van der Waals surface area contributed by atoms with E-state index in [4.69, 9.17) is 291 Å². The van der Waals surface area contributed by atoms with Crippen LogP contribution in [0.5, 0.6) is 0 Å². The summed E-state index contributed by atoms with van der Waals surface area (Å²) in [6.07, 6.45) is -53.4. The molecular weight excluding hydrogens is 1100 g/mol. The number of benzene rings is 3. The van der Waals surface area contributed by atoms with Gasteiger partial charge in [-0.05, 0) is 23.1 Å². The van der Waals surface area contributed by atoms with Gasteiger partial charge >= 0.3 is 0 Å². The average Bonchev–Trinajstić information content (AvgIpc) is 0.723. The molecule has 1 heterocycles. The van der Waals surface area contributed by atoms with Gasteiger partial charge in [-0.25, -0.2) is 0 Å². The summed E-state index contributed by atoms with van der Waals surface area (Å²) in [5.41, 5.74) is 3.36. The number of hydrogen-bond donors (Lipinski definition) is 0. The van der Waals surface area contributed by atoms with E-state index in [1.54, 1.807) is 0 Å². The molecule has 93 heavy (non-hydrogen) atoms. The number of halogens is 1. The first-order valence-corrected chi connectivity index (χ1v) is 31.3. The maximum absolute atomic E-state index is 7.13. The maximum Gasteiger partial charge on any atom is 0.0780 e. The third-order valence-electron chi connectivity index (χ3n) is 18.9. The molecule has 1 aromatic heterocycles. The first kappa shape index (κ1) is 89.7. The van der Waals surface area contributed by atoms with Gasteiger partial charge in [-0.2, -0.15) is 0 Å². The molecule has 0 amide bonds. The molecule has 0 aliphatic rings. The van der Waals surface area contributed by atoms with E-state index in [9.17, 15) is 0 Å². The van der Waals surface area contributed by atoms with Gasteiger partial charge in [0.15, 0.2) is 0 Å². The van der Waals surface area contributed by atoms with Crippen molar-refractivity contribution in [1.82, 2.24) is 4.98 Å². The molecule has 1 nitrogen and oxygen atoms in total. The van der Waals surface area contributed by atoms with Crippen molar-refractivity contribution in [2.45, 2.75) is 0 Å². The lowest BCUT2D eigenvalue weighted by molar-refractivity contribution is 1.42. The second kappa shape index (κ2) is 41.3. The standard InChI is InChI=1S/C19H12BrN.B72/c20-18-8-4-3-6-16(18)15-11-14-10-9-13-5-1-2-7-17(13)19(14)21-12-15;1-38(2)56(37)65(55(35)36)70(66(57(39(3)4)40(5)6)58(41(7)8)42(9)10)72(69(63(51(27)28)52(29)30)64(53(31)32)54(33)34)71(67(59(43(11)12)44(13)14)60(45(15)16)46(17)18)68(61(47(19)20)48(21)22)62(49(23)24)50(25)26/h1-12H;. The summed E-state index contributed by atoms with van der Waals surface area (Å²) in [4.78, 5) is 4.71. The molecule has 316 valence electrons. The summed E-state index contributed by atoms with van der Waals surface area (Å²) in [7, 11) is 250. The molecule has 0 N–H and O–H groups in total. The van der Waals surface area contributed by atoms with Crippen molar-refractivity contribution in [3.8, 4) is 11.1 Å². The van der Waals surface area contributed by atoms with E-state index in [1.165, 1.54) is 21.7 Å². The smallest absolute Gasteiger partial charge is 0.0780 e. The van der Waals surface area contributed by atoms with E-state index >= 15 is 0 Å². The van der Waals surface area contributed by atoms with Gasteiger partial charge in [0.1, 0.15) is 0 Å². The Morgan fingerprint density at radius 1 is 0.237 bits per heavy atom. The molecule has 0 saturated carbocycles. The van der Waals surface area contributed by atoms with Crippen LogP contribution in [0.3, 0.4) is 0 Å². The van der Waals surface area contributed by atoms with Gasteiger partial charge in [-0.3, -0.25) is 4.98 Å². The highest BCUT2D eigenvalue weighted by molar-refractivity contribution is 9.10. The van der Waals surface area contributed by atoms with Crippen LogP contribution < -0.4 is 0 Å². The molecule has 0 aliphatic carbocycles. The molecule has 3 aromatic carbocycles. The molecule has 0 saturated heterocycles. The number of fused-ring (bicyclic) bond motifs is 3. The van der Waals surface area contributed by atoms with Gasteiger partial charge in [0.2, 0.25) is 0 Å². The van der Waals surface area contributed by atoms with Crippen LogP contribution in [0, 0.1) is 0 Å². The fourth-order valence-electron chi connectivity index (χ4n) is 15.3. The van der Waals surface area contributed by atoms with Crippen LogP contribution in [0.25, 0.3) is 32.8 Å². The third-order valence-corrected chi connectivity index (χ3v) is 19.6. The number of rotatable bonds is 35. The first-order valence-electron chi connectivity index (χ1n) is 30.5. The zero-order chi connectivity index (χ0) is 71.4. The monoisotopic (exact) mass is 1130 g/mol. The van der Waals surface area contributed by atoms with Gasteiger partial charge in [-0.15, -0.1) is 0 Å². The molecule has 74 heteroatoms. The van der Waals surface area contributed by atoms with E-state index in [2.05, 4.69) is 70.5 Å². The molecule has 0 bridgehead atoms. The Morgan fingerprint density at radius 2 is 0.473 bits per heavy atom. The fraction of sp³-hybridized carbons (Fsp3) is 0. The van der Waals surface area contributed by atoms with Crippen molar-refractivity contribution in [2.75, 3.05) is 0 Å². The Labute approximate surface area is 634 Å². The van der Waals surface area contributed by atoms with E-state index < -0.39 is 223 Å². The summed E-state index contributed by atoms with van der Waals surface area (Å²) >= 11 is 3.61. The van der Waals surface area contributed by atoms with Gasteiger partial charge in [0.05, 0.1) is 5.52 Å².